The first-order chi connectivity index (χ1) is 15.0. The number of amides is 1. The molecular weight excluding hydrogens is 395 g/mol. The molecule has 0 radical (unpaired) electrons. The number of nitrogens with two attached hydrogens (primary N) is 1. The summed E-state index contributed by atoms with van der Waals surface area (Å²) in [7, 11) is 0. The van der Waals surface area contributed by atoms with Crippen molar-refractivity contribution in [1.82, 2.24) is 9.80 Å². The minimum Gasteiger partial charge on any atom is -0.375 e. The zero-order valence-corrected chi connectivity index (χ0v) is 17.6. The van der Waals surface area contributed by atoms with E-state index >= 15 is 0 Å². The van der Waals surface area contributed by atoms with Gasteiger partial charge in [-0.25, -0.2) is 9.38 Å². The van der Waals surface area contributed by atoms with Gasteiger partial charge >= 0.3 is 0 Å². The highest BCUT2D eigenvalue weighted by atomic mass is 19.1. The molecule has 1 atom stereocenters. The number of benzene rings is 2. The first kappa shape index (κ1) is 21.3. The Morgan fingerprint density at radius 1 is 0.968 bits per heavy atom. The third-order valence-corrected chi connectivity index (χ3v) is 6.45. The largest absolute Gasteiger partial charge is 0.375 e. The molecule has 2 aliphatic rings. The Balaban J connectivity index is 1.46. The molecule has 2 aromatic rings. The molecule has 7 heteroatoms. The second-order valence-corrected chi connectivity index (χ2v) is 8.34. The SMILES string of the molecule is NC(=Nc1ccc(F)cc1)N1CCN(C(=O)C(O)(c2ccccc2)C2CCCC2)CC1. The molecule has 1 aliphatic heterocycles. The molecule has 2 aromatic carbocycles. The third-order valence-electron chi connectivity index (χ3n) is 6.45. The van der Waals surface area contributed by atoms with E-state index in [2.05, 4.69) is 4.99 Å². The van der Waals surface area contributed by atoms with Gasteiger partial charge in [-0.3, -0.25) is 4.79 Å². The van der Waals surface area contributed by atoms with Gasteiger partial charge in [0.15, 0.2) is 11.6 Å². The van der Waals surface area contributed by atoms with Crippen LogP contribution in [0.3, 0.4) is 0 Å². The van der Waals surface area contributed by atoms with Crippen LogP contribution in [0.5, 0.6) is 0 Å². The number of hydrogen-bond acceptors (Lipinski definition) is 3. The topological polar surface area (TPSA) is 82.2 Å². The molecule has 31 heavy (non-hydrogen) atoms. The highest BCUT2D eigenvalue weighted by molar-refractivity contribution is 5.87. The van der Waals surface area contributed by atoms with Crippen LogP contribution in [0.15, 0.2) is 59.6 Å². The normalized spacial score (nSPS) is 20.0. The standard InChI is InChI=1S/C24H29FN4O2/c25-20-10-12-21(13-11-20)27-23(26)29-16-14-28(15-17-29)22(30)24(31,19-8-4-5-9-19)18-6-2-1-3-7-18/h1-3,6-7,10-13,19,31H,4-5,8-9,14-17H2,(H2,26,27). The van der Waals surface area contributed by atoms with Crippen LogP contribution >= 0.6 is 0 Å². The average Bonchev–Trinajstić information content (AvgIpc) is 3.36. The van der Waals surface area contributed by atoms with Crippen molar-refractivity contribution in [3.8, 4) is 0 Å². The molecule has 0 bridgehead atoms. The number of aliphatic hydroxyl groups is 1. The van der Waals surface area contributed by atoms with Crippen molar-refractivity contribution < 1.29 is 14.3 Å². The average molecular weight is 425 g/mol. The predicted molar refractivity (Wildman–Crippen MR) is 118 cm³/mol. The lowest BCUT2D eigenvalue weighted by molar-refractivity contribution is -0.160. The van der Waals surface area contributed by atoms with Crippen LogP contribution in [0.2, 0.25) is 0 Å². The number of piperazine rings is 1. The van der Waals surface area contributed by atoms with E-state index in [0.29, 0.717) is 43.4 Å². The number of guanidine groups is 1. The van der Waals surface area contributed by atoms with Crippen LogP contribution in [-0.2, 0) is 10.4 Å². The van der Waals surface area contributed by atoms with E-state index in [0.717, 1.165) is 25.7 Å². The predicted octanol–water partition coefficient (Wildman–Crippen LogP) is 2.99. The maximum atomic E-state index is 13.6. The van der Waals surface area contributed by atoms with Crippen molar-refractivity contribution in [2.24, 2.45) is 16.6 Å². The quantitative estimate of drug-likeness (QED) is 0.584. The number of halogens is 1. The Morgan fingerprint density at radius 3 is 2.16 bits per heavy atom. The summed E-state index contributed by atoms with van der Waals surface area (Å²) in [5.41, 5.74) is 5.91. The Kier molecular flexibility index (Phi) is 6.23. The minimum absolute atomic E-state index is 0.0643. The Labute approximate surface area is 182 Å². The van der Waals surface area contributed by atoms with E-state index in [4.69, 9.17) is 5.73 Å². The molecule has 164 valence electrons. The molecule has 0 aromatic heterocycles. The van der Waals surface area contributed by atoms with E-state index in [1.807, 2.05) is 35.2 Å². The van der Waals surface area contributed by atoms with Gasteiger partial charge in [-0.05, 0) is 42.7 Å². The second kappa shape index (κ2) is 9.06. The van der Waals surface area contributed by atoms with Crippen molar-refractivity contribution in [2.75, 3.05) is 26.2 Å². The lowest BCUT2D eigenvalue weighted by Crippen LogP contribution is -2.58. The molecule has 1 amide bonds. The highest BCUT2D eigenvalue weighted by Crippen LogP contribution is 2.42. The molecule has 2 fully saturated rings. The van der Waals surface area contributed by atoms with E-state index in [1.54, 1.807) is 17.0 Å². The van der Waals surface area contributed by atoms with Gasteiger partial charge in [-0.2, -0.15) is 0 Å². The Bertz CT molecular complexity index is 920. The summed E-state index contributed by atoms with van der Waals surface area (Å²) in [4.78, 5) is 21.6. The molecule has 1 aliphatic carbocycles. The summed E-state index contributed by atoms with van der Waals surface area (Å²) in [6, 6.07) is 15.2. The van der Waals surface area contributed by atoms with Gasteiger partial charge in [0.2, 0.25) is 0 Å². The number of nitrogens with zero attached hydrogens (tertiary/aromatic N) is 3. The highest BCUT2D eigenvalue weighted by Gasteiger charge is 2.48. The first-order valence-corrected chi connectivity index (χ1v) is 10.9. The summed E-state index contributed by atoms with van der Waals surface area (Å²) in [5, 5.41) is 11.7. The molecule has 6 nitrogen and oxygen atoms in total. The lowest BCUT2D eigenvalue weighted by atomic mass is 9.79. The van der Waals surface area contributed by atoms with E-state index in [9.17, 15) is 14.3 Å². The van der Waals surface area contributed by atoms with E-state index in [-0.39, 0.29) is 17.6 Å². The summed E-state index contributed by atoms with van der Waals surface area (Å²) in [6.07, 6.45) is 3.79. The van der Waals surface area contributed by atoms with Gasteiger partial charge in [-0.15, -0.1) is 0 Å². The Morgan fingerprint density at radius 2 is 1.55 bits per heavy atom. The molecule has 4 rings (SSSR count). The van der Waals surface area contributed by atoms with Gasteiger partial charge in [0.1, 0.15) is 5.82 Å². The molecule has 1 unspecified atom stereocenters. The fraction of sp³-hybridized carbons (Fsp3) is 0.417. The van der Waals surface area contributed by atoms with Crippen molar-refractivity contribution in [3.63, 3.8) is 0 Å². The zero-order chi connectivity index (χ0) is 21.8. The van der Waals surface area contributed by atoms with Crippen molar-refractivity contribution in [2.45, 2.75) is 31.3 Å². The molecular formula is C24H29FN4O2. The number of carbonyl (C=O) groups excluding carboxylic acids is 1. The van der Waals surface area contributed by atoms with Crippen molar-refractivity contribution in [1.29, 1.82) is 0 Å². The molecule has 1 saturated carbocycles. The molecule has 1 saturated heterocycles. The van der Waals surface area contributed by atoms with Gasteiger partial charge in [0.05, 0.1) is 5.69 Å². The number of hydrogen-bond donors (Lipinski definition) is 2. The van der Waals surface area contributed by atoms with E-state index < -0.39 is 5.60 Å². The van der Waals surface area contributed by atoms with Crippen LogP contribution in [0.4, 0.5) is 10.1 Å². The number of carbonyl (C=O) groups is 1. The first-order valence-electron chi connectivity index (χ1n) is 10.9. The minimum atomic E-state index is -1.49. The summed E-state index contributed by atoms with van der Waals surface area (Å²) >= 11 is 0. The fourth-order valence-electron chi connectivity index (χ4n) is 4.67. The van der Waals surface area contributed by atoms with Gasteiger partial charge in [0.25, 0.3) is 5.91 Å². The summed E-state index contributed by atoms with van der Waals surface area (Å²) in [6.45, 7) is 1.97. The van der Waals surface area contributed by atoms with Gasteiger partial charge in [0, 0.05) is 32.1 Å². The van der Waals surface area contributed by atoms with Crippen LogP contribution in [-0.4, -0.2) is 53.0 Å². The fourth-order valence-corrected chi connectivity index (χ4v) is 4.67. The summed E-state index contributed by atoms with van der Waals surface area (Å²) < 4.78 is 13.1. The monoisotopic (exact) mass is 424 g/mol. The Hall–Kier alpha value is -2.93. The summed E-state index contributed by atoms with van der Waals surface area (Å²) in [5.74, 6) is -0.268. The van der Waals surface area contributed by atoms with Crippen molar-refractivity contribution >= 4 is 17.6 Å². The smallest absolute Gasteiger partial charge is 0.259 e. The van der Waals surface area contributed by atoms with Crippen LogP contribution in [0, 0.1) is 11.7 Å². The lowest BCUT2D eigenvalue weighted by Gasteiger charge is -2.41. The van der Waals surface area contributed by atoms with Crippen LogP contribution in [0.1, 0.15) is 31.2 Å². The van der Waals surface area contributed by atoms with Gasteiger partial charge in [-0.1, -0.05) is 43.2 Å². The molecule has 3 N–H and O–H groups in total. The van der Waals surface area contributed by atoms with Crippen molar-refractivity contribution in [3.05, 3.63) is 66.0 Å². The molecule has 0 spiro atoms. The van der Waals surface area contributed by atoms with Crippen LogP contribution < -0.4 is 5.73 Å². The van der Waals surface area contributed by atoms with Crippen LogP contribution in [0.25, 0.3) is 0 Å². The maximum Gasteiger partial charge on any atom is 0.259 e. The van der Waals surface area contributed by atoms with E-state index in [1.165, 1.54) is 12.1 Å². The number of aliphatic imine (C=N–C) groups is 1. The third kappa shape index (κ3) is 4.42. The van der Waals surface area contributed by atoms with Gasteiger partial charge < -0.3 is 20.6 Å². The zero-order valence-electron chi connectivity index (χ0n) is 17.6. The number of rotatable bonds is 4. The second-order valence-electron chi connectivity index (χ2n) is 8.34. The maximum absolute atomic E-state index is 13.6. The molecule has 1 heterocycles.